The van der Waals surface area contributed by atoms with Crippen LogP contribution in [0.2, 0.25) is 0 Å². The van der Waals surface area contributed by atoms with E-state index in [1.54, 1.807) is 18.2 Å². The standard InChI is InChI=1S/C8H8Cl2O3S/c9-8(10)6-13-14(11,12)7-4-2-1-3-5-7/h1-5,8H,6H2. The fourth-order valence-electron chi connectivity index (χ4n) is 0.796. The lowest BCUT2D eigenvalue weighted by Crippen LogP contribution is -2.11. The molecule has 0 heterocycles. The van der Waals surface area contributed by atoms with Gasteiger partial charge in [0.05, 0.1) is 11.5 Å². The molecule has 3 nitrogen and oxygen atoms in total. The lowest BCUT2D eigenvalue weighted by molar-refractivity contribution is 0.333. The zero-order chi connectivity index (χ0) is 10.6. The Morgan fingerprint density at radius 2 is 1.79 bits per heavy atom. The van der Waals surface area contributed by atoms with Crippen LogP contribution in [-0.4, -0.2) is 19.9 Å². The van der Waals surface area contributed by atoms with Gasteiger partial charge in [0.15, 0.2) is 0 Å². The fourth-order valence-corrected chi connectivity index (χ4v) is 2.01. The van der Waals surface area contributed by atoms with Gasteiger partial charge in [-0.25, -0.2) is 0 Å². The van der Waals surface area contributed by atoms with Crippen molar-refractivity contribution in [2.75, 3.05) is 6.61 Å². The molecule has 0 N–H and O–H groups in total. The zero-order valence-corrected chi connectivity index (χ0v) is 9.39. The smallest absolute Gasteiger partial charge is 0.264 e. The molecule has 0 bridgehead atoms. The van der Waals surface area contributed by atoms with E-state index in [1.165, 1.54) is 12.1 Å². The lowest BCUT2D eigenvalue weighted by atomic mass is 10.4. The lowest BCUT2D eigenvalue weighted by Gasteiger charge is -2.04. The van der Waals surface area contributed by atoms with Crippen LogP contribution >= 0.6 is 23.2 Å². The van der Waals surface area contributed by atoms with E-state index in [1.807, 2.05) is 0 Å². The Morgan fingerprint density at radius 1 is 1.21 bits per heavy atom. The third kappa shape index (κ3) is 3.46. The summed E-state index contributed by atoms with van der Waals surface area (Å²) in [6, 6.07) is 7.80. The molecule has 1 rings (SSSR count). The Hall–Kier alpha value is -0.290. The minimum atomic E-state index is -3.72. The summed E-state index contributed by atoms with van der Waals surface area (Å²) in [5.41, 5.74) is 0. The van der Waals surface area contributed by atoms with Crippen LogP contribution in [0, 0.1) is 0 Å². The van der Waals surface area contributed by atoms with Crippen LogP contribution in [0.3, 0.4) is 0 Å². The number of hydrogen-bond acceptors (Lipinski definition) is 3. The number of alkyl halides is 2. The Kier molecular flexibility index (Phi) is 4.19. The van der Waals surface area contributed by atoms with Gasteiger partial charge in [-0.1, -0.05) is 18.2 Å². The zero-order valence-electron chi connectivity index (χ0n) is 7.06. The van der Waals surface area contributed by atoms with Gasteiger partial charge in [0.1, 0.15) is 4.84 Å². The van der Waals surface area contributed by atoms with Crippen molar-refractivity contribution in [1.82, 2.24) is 0 Å². The van der Waals surface area contributed by atoms with Crippen LogP contribution in [-0.2, 0) is 14.3 Å². The second-order valence-electron chi connectivity index (χ2n) is 2.44. The average molecular weight is 255 g/mol. The first-order valence-electron chi connectivity index (χ1n) is 3.75. The van der Waals surface area contributed by atoms with Gasteiger partial charge >= 0.3 is 0 Å². The predicted molar refractivity (Wildman–Crippen MR) is 55.1 cm³/mol. The first-order chi connectivity index (χ1) is 6.52. The summed E-state index contributed by atoms with van der Waals surface area (Å²) in [5.74, 6) is 0. The van der Waals surface area contributed by atoms with Gasteiger partial charge in [0.25, 0.3) is 10.1 Å². The van der Waals surface area contributed by atoms with Crippen molar-refractivity contribution in [3.05, 3.63) is 30.3 Å². The molecule has 0 saturated heterocycles. The highest BCUT2D eigenvalue weighted by Crippen LogP contribution is 2.13. The Bertz CT molecular complexity index is 375. The van der Waals surface area contributed by atoms with E-state index in [9.17, 15) is 8.42 Å². The normalized spacial score (nSPS) is 11.9. The van der Waals surface area contributed by atoms with E-state index in [0.717, 1.165) is 0 Å². The van der Waals surface area contributed by atoms with E-state index >= 15 is 0 Å². The highest BCUT2D eigenvalue weighted by atomic mass is 35.5. The first-order valence-corrected chi connectivity index (χ1v) is 6.03. The van der Waals surface area contributed by atoms with Crippen molar-refractivity contribution in [3.63, 3.8) is 0 Å². The highest BCUT2D eigenvalue weighted by Gasteiger charge is 2.15. The van der Waals surface area contributed by atoms with Crippen LogP contribution in [0.15, 0.2) is 35.2 Å². The summed E-state index contributed by atoms with van der Waals surface area (Å²) in [6.45, 7) is -0.250. The van der Waals surface area contributed by atoms with Crippen LogP contribution in [0.25, 0.3) is 0 Å². The van der Waals surface area contributed by atoms with Gasteiger partial charge in [-0.3, -0.25) is 4.18 Å². The van der Waals surface area contributed by atoms with E-state index in [0.29, 0.717) is 0 Å². The summed E-state index contributed by atoms with van der Waals surface area (Å²) in [4.78, 5) is -0.762. The molecule has 0 radical (unpaired) electrons. The van der Waals surface area contributed by atoms with E-state index in [2.05, 4.69) is 4.18 Å². The summed E-state index contributed by atoms with van der Waals surface area (Å²) in [6.07, 6.45) is 0. The molecule has 0 aliphatic rings. The maximum atomic E-state index is 11.4. The monoisotopic (exact) mass is 254 g/mol. The molecule has 0 amide bonds. The molecule has 1 aromatic rings. The SMILES string of the molecule is O=S(=O)(OCC(Cl)Cl)c1ccccc1. The molecule has 14 heavy (non-hydrogen) atoms. The van der Waals surface area contributed by atoms with E-state index in [-0.39, 0.29) is 11.5 Å². The average Bonchev–Trinajstić information content (AvgIpc) is 2.16. The van der Waals surface area contributed by atoms with Crippen molar-refractivity contribution in [2.45, 2.75) is 9.73 Å². The van der Waals surface area contributed by atoms with Crippen molar-refractivity contribution in [3.8, 4) is 0 Å². The molecule has 0 spiro atoms. The van der Waals surface area contributed by atoms with Gasteiger partial charge in [-0.15, -0.1) is 23.2 Å². The Labute approximate surface area is 92.7 Å². The van der Waals surface area contributed by atoms with Gasteiger partial charge in [-0.2, -0.15) is 8.42 Å². The predicted octanol–water partition coefficient (Wildman–Crippen LogP) is 2.20. The number of hydrogen-bond donors (Lipinski definition) is 0. The van der Waals surface area contributed by atoms with Crippen molar-refractivity contribution in [2.24, 2.45) is 0 Å². The minimum Gasteiger partial charge on any atom is -0.264 e. The first kappa shape index (κ1) is 11.8. The van der Waals surface area contributed by atoms with Gasteiger partial charge in [0, 0.05) is 0 Å². The van der Waals surface area contributed by atoms with Crippen LogP contribution < -0.4 is 0 Å². The molecule has 0 unspecified atom stereocenters. The molecular formula is C8H8Cl2O3S. The van der Waals surface area contributed by atoms with Crippen LogP contribution in [0.5, 0.6) is 0 Å². The molecule has 0 atom stereocenters. The quantitative estimate of drug-likeness (QED) is 0.611. The second-order valence-corrected chi connectivity index (χ2v) is 5.34. The molecule has 0 fully saturated rings. The van der Waals surface area contributed by atoms with Gasteiger partial charge in [0.2, 0.25) is 0 Å². The van der Waals surface area contributed by atoms with Crippen molar-refractivity contribution in [1.29, 1.82) is 0 Å². The minimum absolute atomic E-state index is 0.0917. The molecular weight excluding hydrogens is 247 g/mol. The number of halogens is 2. The summed E-state index contributed by atoms with van der Waals surface area (Å²) < 4.78 is 27.4. The van der Waals surface area contributed by atoms with Gasteiger partial charge < -0.3 is 0 Å². The third-order valence-electron chi connectivity index (χ3n) is 1.38. The molecule has 6 heteroatoms. The summed E-state index contributed by atoms with van der Waals surface area (Å²) in [5, 5.41) is 0. The topological polar surface area (TPSA) is 43.4 Å². The van der Waals surface area contributed by atoms with E-state index in [4.69, 9.17) is 23.2 Å². The fraction of sp³-hybridized carbons (Fsp3) is 0.250. The van der Waals surface area contributed by atoms with Crippen LogP contribution in [0.4, 0.5) is 0 Å². The highest BCUT2D eigenvalue weighted by molar-refractivity contribution is 7.86. The van der Waals surface area contributed by atoms with E-state index < -0.39 is 15.0 Å². The maximum absolute atomic E-state index is 11.4. The second kappa shape index (κ2) is 4.98. The molecule has 0 aliphatic heterocycles. The maximum Gasteiger partial charge on any atom is 0.297 e. The summed E-state index contributed by atoms with van der Waals surface area (Å²) in [7, 11) is -3.72. The third-order valence-corrected chi connectivity index (χ3v) is 2.93. The summed E-state index contributed by atoms with van der Waals surface area (Å²) >= 11 is 10.7. The van der Waals surface area contributed by atoms with Gasteiger partial charge in [-0.05, 0) is 12.1 Å². The number of benzene rings is 1. The van der Waals surface area contributed by atoms with Crippen molar-refractivity contribution < 1.29 is 12.6 Å². The van der Waals surface area contributed by atoms with Crippen LogP contribution in [0.1, 0.15) is 0 Å². The largest absolute Gasteiger partial charge is 0.297 e. The molecule has 0 aromatic heterocycles. The molecule has 0 saturated carbocycles. The Morgan fingerprint density at radius 3 is 2.29 bits per heavy atom. The number of rotatable bonds is 4. The molecule has 0 aliphatic carbocycles. The van der Waals surface area contributed by atoms with Crippen molar-refractivity contribution >= 4 is 33.3 Å². The molecule has 78 valence electrons. The molecule has 1 aromatic carbocycles. The Balaban J connectivity index is 2.77.